The minimum atomic E-state index is -0.502. The van der Waals surface area contributed by atoms with Crippen molar-refractivity contribution in [3.8, 4) is 34.2 Å². The molecule has 0 aliphatic rings. The highest BCUT2D eigenvalue weighted by atomic mass is 16.6. The predicted octanol–water partition coefficient (Wildman–Crippen LogP) is 5.22. The molecular formula is C24H15N5O5. The van der Waals surface area contributed by atoms with Gasteiger partial charge in [-0.3, -0.25) is 19.9 Å². The topological polar surface area (TPSA) is 137 Å². The van der Waals surface area contributed by atoms with E-state index in [2.05, 4.69) is 20.4 Å². The third kappa shape index (κ3) is 4.15. The molecular weight excluding hydrogens is 438 g/mol. The van der Waals surface area contributed by atoms with Crippen LogP contribution in [0.5, 0.6) is 0 Å². The Morgan fingerprint density at radius 1 is 0.941 bits per heavy atom. The van der Waals surface area contributed by atoms with Crippen LogP contribution in [0.1, 0.15) is 10.6 Å². The number of pyridine rings is 1. The van der Waals surface area contributed by atoms with Crippen molar-refractivity contribution in [3.05, 3.63) is 101 Å². The van der Waals surface area contributed by atoms with Gasteiger partial charge in [0.25, 0.3) is 17.5 Å². The van der Waals surface area contributed by atoms with Crippen LogP contribution in [0, 0.1) is 10.1 Å². The minimum absolute atomic E-state index is 0.0410. The lowest BCUT2D eigenvalue weighted by Crippen LogP contribution is -2.11. The van der Waals surface area contributed by atoms with Crippen LogP contribution in [-0.2, 0) is 0 Å². The van der Waals surface area contributed by atoms with Crippen LogP contribution in [0.25, 0.3) is 34.2 Å². The third-order valence-electron chi connectivity index (χ3n) is 4.94. The van der Waals surface area contributed by atoms with Crippen LogP contribution in [-0.4, -0.2) is 26.0 Å². The van der Waals surface area contributed by atoms with E-state index < -0.39 is 10.8 Å². The largest absolute Gasteiger partial charge is 0.451 e. The summed E-state index contributed by atoms with van der Waals surface area (Å²) < 4.78 is 11.1. The molecule has 10 heteroatoms. The maximum absolute atomic E-state index is 12.9. The monoisotopic (exact) mass is 453 g/mol. The summed E-state index contributed by atoms with van der Waals surface area (Å²) in [7, 11) is 0. The smallest absolute Gasteiger partial charge is 0.291 e. The fourth-order valence-electron chi connectivity index (χ4n) is 3.30. The number of hydrogen-bond acceptors (Lipinski definition) is 8. The summed E-state index contributed by atoms with van der Waals surface area (Å²) in [6.07, 6.45) is 3.26. The maximum Gasteiger partial charge on any atom is 0.291 e. The van der Waals surface area contributed by atoms with Crippen LogP contribution in [0.3, 0.4) is 0 Å². The Labute approximate surface area is 192 Å². The second-order valence-electron chi connectivity index (χ2n) is 7.13. The number of carbonyl (C=O) groups excluding carboxylic acids is 1. The number of nitrogens with one attached hydrogen (secondary N) is 1. The molecule has 0 spiro atoms. The second-order valence-corrected chi connectivity index (χ2v) is 7.13. The van der Waals surface area contributed by atoms with Crippen molar-refractivity contribution >= 4 is 17.3 Å². The highest BCUT2D eigenvalue weighted by Gasteiger charge is 2.18. The van der Waals surface area contributed by atoms with Gasteiger partial charge in [0.2, 0.25) is 5.82 Å². The average Bonchev–Trinajstić information content (AvgIpc) is 3.56. The molecule has 2 aromatic carbocycles. The summed E-state index contributed by atoms with van der Waals surface area (Å²) >= 11 is 0. The molecule has 34 heavy (non-hydrogen) atoms. The molecule has 0 radical (unpaired) electrons. The molecule has 0 bridgehead atoms. The van der Waals surface area contributed by atoms with Gasteiger partial charge in [0.15, 0.2) is 5.76 Å². The number of para-hydroxylation sites is 1. The summed E-state index contributed by atoms with van der Waals surface area (Å²) in [5.74, 6) is 0.504. The Morgan fingerprint density at radius 3 is 2.59 bits per heavy atom. The first-order valence-electron chi connectivity index (χ1n) is 10.1. The van der Waals surface area contributed by atoms with Gasteiger partial charge in [0, 0.05) is 35.7 Å². The van der Waals surface area contributed by atoms with Crippen molar-refractivity contribution in [2.24, 2.45) is 0 Å². The third-order valence-corrected chi connectivity index (χ3v) is 4.94. The zero-order valence-corrected chi connectivity index (χ0v) is 17.4. The van der Waals surface area contributed by atoms with Gasteiger partial charge in [0.05, 0.1) is 16.2 Å². The summed E-state index contributed by atoms with van der Waals surface area (Å²) in [6.45, 7) is 0. The van der Waals surface area contributed by atoms with E-state index in [1.807, 2.05) is 0 Å². The van der Waals surface area contributed by atoms with Crippen molar-refractivity contribution in [2.45, 2.75) is 0 Å². The van der Waals surface area contributed by atoms with Crippen LogP contribution in [0.15, 0.2) is 94.1 Å². The summed E-state index contributed by atoms with van der Waals surface area (Å²) in [5, 5.41) is 17.8. The highest BCUT2D eigenvalue weighted by molar-refractivity contribution is 6.04. The van der Waals surface area contributed by atoms with Crippen molar-refractivity contribution < 1.29 is 18.7 Å². The molecule has 0 saturated heterocycles. The first-order valence-corrected chi connectivity index (χ1v) is 10.1. The van der Waals surface area contributed by atoms with Gasteiger partial charge < -0.3 is 14.3 Å². The molecule has 166 valence electrons. The van der Waals surface area contributed by atoms with Crippen molar-refractivity contribution in [1.82, 2.24) is 15.1 Å². The average molecular weight is 453 g/mol. The molecule has 0 aliphatic carbocycles. The lowest BCUT2D eigenvalue weighted by molar-refractivity contribution is -0.384. The minimum Gasteiger partial charge on any atom is -0.451 e. The van der Waals surface area contributed by atoms with E-state index in [4.69, 9.17) is 8.94 Å². The van der Waals surface area contributed by atoms with E-state index >= 15 is 0 Å². The Bertz CT molecular complexity index is 1490. The number of nitro benzene ring substituents is 1. The summed E-state index contributed by atoms with van der Waals surface area (Å²) in [4.78, 5) is 31.8. The number of non-ortho nitro benzene ring substituents is 1. The fourth-order valence-corrected chi connectivity index (χ4v) is 3.30. The number of rotatable bonds is 6. The zero-order chi connectivity index (χ0) is 23.5. The Hall–Kier alpha value is -5.12. The number of carbonyl (C=O) groups is 1. The molecule has 0 atom stereocenters. The van der Waals surface area contributed by atoms with Crippen molar-refractivity contribution in [1.29, 1.82) is 0 Å². The molecule has 3 aromatic heterocycles. The quantitative estimate of drug-likeness (QED) is 0.273. The Morgan fingerprint density at radius 2 is 1.76 bits per heavy atom. The van der Waals surface area contributed by atoms with Crippen molar-refractivity contribution in [2.75, 3.05) is 5.32 Å². The summed E-state index contributed by atoms with van der Waals surface area (Å²) in [5.41, 5.74) is 2.15. The zero-order valence-electron chi connectivity index (χ0n) is 17.4. The van der Waals surface area contributed by atoms with Gasteiger partial charge in [-0.1, -0.05) is 29.4 Å². The van der Waals surface area contributed by atoms with Gasteiger partial charge in [0.1, 0.15) is 5.76 Å². The molecule has 3 heterocycles. The molecule has 5 rings (SSSR count). The lowest BCUT2D eigenvalue weighted by atomic mass is 10.1. The van der Waals surface area contributed by atoms with E-state index in [0.717, 1.165) is 5.56 Å². The van der Waals surface area contributed by atoms with Gasteiger partial charge in [-0.2, -0.15) is 4.98 Å². The number of nitrogens with zero attached hydrogens (tertiary/aromatic N) is 4. The molecule has 1 amide bonds. The van der Waals surface area contributed by atoms with Gasteiger partial charge >= 0.3 is 0 Å². The number of hydrogen-bond donors (Lipinski definition) is 1. The number of furan rings is 1. The Balaban J connectivity index is 1.38. The number of nitro groups is 1. The molecule has 5 aromatic rings. The van der Waals surface area contributed by atoms with Crippen LogP contribution in [0.4, 0.5) is 11.4 Å². The first-order chi connectivity index (χ1) is 16.6. The van der Waals surface area contributed by atoms with E-state index in [-0.39, 0.29) is 17.3 Å². The van der Waals surface area contributed by atoms with Crippen LogP contribution in [0.2, 0.25) is 0 Å². The number of benzene rings is 2. The molecule has 0 saturated carbocycles. The normalized spacial score (nSPS) is 10.7. The SMILES string of the molecule is O=C(Nc1ccccc1-c1nc(-c2ccncc2)no1)c1ccc(-c2cccc([N+](=O)[O-])c2)o1. The lowest BCUT2D eigenvalue weighted by Gasteiger charge is -2.07. The first kappa shape index (κ1) is 20.8. The van der Waals surface area contributed by atoms with Crippen LogP contribution >= 0.6 is 0 Å². The van der Waals surface area contributed by atoms with E-state index in [9.17, 15) is 14.9 Å². The number of amides is 1. The molecule has 10 nitrogen and oxygen atoms in total. The standard InChI is InChI=1S/C24H15N5O5/c30-23(21-9-8-20(33-21)16-4-3-5-17(14-16)29(31)32)26-19-7-2-1-6-18(19)24-27-22(28-34-24)15-10-12-25-13-11-15/h1-14H,(H,26,30). The van der Waals surface area contributed by atoms with Crippen LogP contribution < -0.4 is 5.32 Å². The van der Waals surface area contributed by atoms with Gasteiger partial charge in [-0.05, 0) is 36.4 Å². The van der Waals surface area contributed by atoms with E-state index in [1.54, 1.807) is 67.0 Å². The van der Waals surface area contributed by atoms with Gasteiger partial charge in [-0.25, -0.2) is 0 Å². The van der Waals surface area contributed by atoms with E-state index in [0.29, 0.717) is 28.4 Å². The summed E-state index contributed by atoms with van der Waals surface area (Å²) in [6, 6.07) is 19.6. The van der Waals surface area contributed by atoms with E-state index in [1.165, 1.54) is 18.2 Å². The molecule has 0 unspecified atom stereocenters. The van der Waals surface area contributed by atoms with Crippen molar-refractivity contribution in [3.63, 3.8) is 0 Å². The predicted molar refractivity (Wildman–Crippen MR) is 122 cm³/mol. The Kier molecular flexibility index (Phi) is 5.37. The molecule has 1 N–H and O–H groups in total. The molecule has 0 fully saturated rings. The highest BCUT2D eigenvalue weighted by Crippen LogP contribution is 2.30. The number of aromatic nitrogens is 3. The number of anilines is 1. The second kappa shape index (κ2) is 8.79. The molecule has 0 aliphatic heterocycles. The maximum atomic E-state index is 12.9. The van der Waals surface area contributed by atoms with Gasteiger partial charge in [-0.15, -0.1) is 0 Å². The fraction of sp³-hybridized carbons (Fsp3) is 0.